The number of benzene rings is 2. The molecule has 10 heteroatoms. The van der Waals surface area contributed by atoms with Crippen molar-refractivity contribution in [3.63, 3.8) is 0 Å². The van der Waals surface area contributed by atoms with Crippen LogP contribution in [0, 0.1) is 0 Å². The molecule has 0 bridgehead atoms. The van der Waals surface area contributed by atoms with E-state index in [0.29, 0.717) is 22.5 Å². The minimum atomic E-state index is -0.0235. The van der Waals surface area contributed by atoms with Crippen molar-refractivity contribution in [3.05, 3.63) is 76.6 Å². The average Bonchev–Trinajstić information content (AvgIpc) is 3.28. The van der Waals surface area contributed by atoms with Crippen molar-refractivity contribution in [2.75, 3.05) is 14.2 Å². The van der Waals surface area contributed by atoms with E-state index in [1.807, 2.05) is 48.3 Å². The van der Waals surface area contributed by atoms with Gasteiger partial charge in [-0.2, -0.15) is 0 Å². The Morgan fingerprint density at radius 2 is 1.79 bits per heavy atom. The average molecular weight is 594 g/mol. The molecule has 1 amide bonds. The van der Waals surface area contributed by atoms with Gasteiger partial charge in [-0.1, -0.05) is 35.9 Å². The first-order chi connectivity index (χ1) is 17.6. The zero-order valence-electron chi connectivity index (χ0n) is 21.2. The van der Waals surface area contributed by atoms with E-state index < -0.39 is 0 Å². The number of hydrogen-bond donors (Lipinski definition) is 1. The standard InChI is InChI=1S/C28H29ClN4O2S.2ClH/c1-30-21-8-10-22(11-9-21)33(28(34)27-26(29)23-5-3-4-6-25(23)36-27)16-19-13-18(7-12-24(19)35-2)20-14-31-17-32-15-20;;/h3-7,12-15,17,21-22,30H,8-11,16H2,1-2H3;2*1H. The molecule has 0 saturated heterocycles. The maximum atomic E-state index is 14.1. The number of ether oxygens (including phenoxy) is 1. The summed E-state index contributed by atoms with van der Waals surface area (Å²) in [5, 5.41) is 4.85. The van der Waals surface area contributed by atoms with Gasteiger partial charge < -0.3 is 15.0 Å². The summed E-state index contributed by atoms with van der Waals surface area (Å²) in [4.78, 5) is 25.0. The summed E-state index contributed by atoms with van der Waals surface area (Å²) in [5.74, 6) is 0.726. The molecule has 202 valence electrons. The van der Waals surface area contributed by atoms with Crippen molar-refractivity contribution in [1.82, 2.24) is 20.2 Å². The van der Waals surface area contributed by atoms with E-state index in [-0.39, 0.29) is 36.8 Å². The third-order valence-corrected chi connectivity index (χ3v) is 8.71. The van der Waals surface area contributed by atoms with E-state index in [9.17, 15) is 4.79 Å². The predicted molar refractivity (Wildman–Crippen MR) is 160 cm³/mol. The molecule has 6 nitrogen and oxygen atoms in total. The minimum absolute atomic E-state index is 0. The maximum Gasteiger partial charge on any atom is 0.266 e. The van der Waals surface area contributed by atoms with Crippen molar-refractivity contribution >= 4 is 63.7 Å². The number of nitrogens with zero attached hydrogens (tertiary/aromatic N) is 3. The lowest BCUT2D eigenvalue weighted by atomic mass is 9.89. The van der Waals surface area contributed by atoms with Crippen LogP contribution in [0.4, 0.5) is 0 Å². The number of nitrogens with one attached hydrogen (secondary N) is 1. The van der Waals surface area contributed by atoms with Crippen molar-refractivity contribution in [1.29, 1.82) is 0 Å². The molecular weight excluding hydrogens is 563 g/mol. The van der Waals surface area contributed by atoms with Crippen molar-refractivity contribution in [2.45, 2.75) is 44.3 Å². The molecule has 2 aromatic heterocycles. The highest BCUT2D eigenvalue weighted by molar-refractivity contribution is 7.21. The first-order valence-corrected chi connectivity index (χ1v) is 13.4. The lowest BCUT2D eigenvalue weighted by molar-refractivity contribution is 0.0604. The Labute approximate surface area is 244 Å². The molecule has 4 aromatic rings. The summed E-state index contributed by atoms with van der Waals surface area (Å²) in [6.07, 6.45) is 9.04. The number of amides is 1. The second kappa shape index (κ2) is 13.6. The van der Waals surface area contributed by atoms with Crippen LogP contribution in [0.1, 0.15) is 40.9 Å². The quantitative estimate of drug-likeness (QED) is 0.249. The van der Waals surface area contributed by atoms with Crippen LogP contribution in [-0.4, -0.2) is 47.0 Å². The van der Waals surface area contributed by atoms with Crippen LogP contribution >= 0.6 is 47.8 Å². The fourth-order valence-corrected chi connectivity index (χ4v) is 6.51. The van der Waals surface area contributed by atoms with Crippen LogP contribution in [0.5, 0.6) is 5.75 Å². The first-order valence-electron chi connectivity index (χ1n) is 12.2. The van der Waals surface area contributed by atoms with Gasteiger partial charge in [-0.25, -0.2) is 9.97 Å². The van der Waals surface area contributed by atoms with E-state index in [1.165, 1.54) is 17.7 Å². The Hall–Kier alpha value is -2.42. The fraction of sp³-hybridized carbons (Fsp3) is 0.321. The number of methoxy groups -OCH3 is 1. The molecule has 1 saturated carbocycles. The molecule has 1 aliphatic rings. The van der Waals surface area contributed by atoms with Gasteiger partial charge in [0, 0.05) is 52.2 Å². The van der Waals surface area contributed by atoms with E-state index >= 15 is 0 Å². The monoisotopic (exact) mass is 592 g/mol. The van der Waals surface area contributed by atoms with Crippen LogP contribution in [0.15, 0.2) is 61.2 Å². The number of hydrogen-bond acceptors (Lipinski definition) is 6. The predicted octanol–water partition coefficient (Wildman–Crippen LogP) is 7.04. The number of fused-ring (bicyclic) bond motifs is 1. The van der Waals surface area contributed by atoms with E-state index in [4.69, 9.17) is 16.3 Å². The molecule has 38 heavy (non-hydrogen) atoms. The van der Waals surface area contributed by atoms with Gasteiger partial charge in [0.1, 0.15) is 17.0 Å². The Kier molecular flexibility index (Phi) is 10.8. The molecule has 0 spiro atoms. The number of rotatable bonds is 7. The number of carbonyl (C=O) groups excluding carboxylic acids is 1. The highest BCUT2D eigenvalue weighted by Crippen LogP contribution is 2.38. The first kappa shape index (κ1) is 30.1. The Balaban J connectivity index is 0.00000200. The van der Waals surface area contributed by atoms with E-state index in [2.05, 4.69) is 21.4 Å². The summed E-state index contributed by atoms with van der Waals surface area (Å²) in [6, 6.07) is 14.5. The van der Waals surface area contributed by atoms with Crippen molar-refractivity contribution in [3.8, 4) is 16.9 Å². The molecule has 1 N–H and O–H groups in total. The molecule has 1 aliphatic carbocycles. The van der Waals surface area contributed by atoms with Gasteiger partial charge >= 0.3 is 0 Å². The van der Waals surface area contributed by atoms with Gasteiger partial charge in [0.2, 0.25) is 0 Å². The normalized spacial score (nSPS) is 16.8. The SMILES string of the molecule is CNC1CCC(N(Cc2cc(-c3cncnc3)ccc2OC)C(=O)c2sc3ccccc3c2Cl)CC1.Cl.Cl. The number of aromatic nitrogens is 2. The van der Waals surface area contributed by atoms with Crippen LogP contribution in [0.25, 0.3) is 21.2 Å². The second-order valence-electron chi connectivity index (χ2n) is 9.12. The largest absolute Gasteiger partial charge is 0.496 e. The molecule has 2 aromatic carbocycles. The summed E-state index contributed by atoms with van der Waals surface area (Å²) >= 11 is 8.23. The second-order valence-corrected chi connectivity index (χ2v) is 10.6. The number of carbonyl (C=O) groups is 1. The van der Waals surface area contributed by atoms with Gasteiger partial charge in [-0.15, -0.1) is 36.2 Å². The number of thiophene rings is 1. The topological polar surface area (TPSA) is 67.3 Å². The third kappa shape index (κ3) is 6.24. The zero-order valence-corrected chi connectivity index (χ0v) is 24.4. The molecule has 0 aliphatic heterocycles. The molecule has 5 rings (SSSR count). The highest BCUT2D eigenvalue weighted by atomic mass is 35.5. The third-order valence-electron chi connectivity index (χ3n) is 7.05. The number of halogens is 3. The molecule has 0 atom stereocenters. The summed E-state index contributed by atoms with van der Waals surface area (Å²) in [6.45, 7) is 0.434. The minimum Gasteiger partial charge on any atom is -0.496 e. The van der Waals surface area contributed by atoms with Crippen LogP contribution in [-0.2, 0) is 6.54 Å². The van der Waals surface area contributed by atoms with Crippen molar-refractivity contribution in [2.24, 2.45) is 0 Å². The van der Waals surface area contributed by atoms with E-state index in [1.54, 1.807) is 19.5 Å². The van der Waals surface area contributed by atoms with Gasteiger partial charge in [0.05, 0.1) is 12.1 Å². The van der Waals surface area contributed by atoms with Gasteiger partial charge in [0.15, 0.2) is 0 Å². The van der Waals surface area contributed by atoms with Gasteiger partial charge in [0.25, 0.3) is 5.91 Å². The zero-order chi connectivity index (χ0) is 25.1. The van der Waals surface area contributed by atoms with Crippen LogP contribution in [0.2, 0.25) is 5.02 Å². The van der Waals surface area contributed by atoms with Crippen molar-refractivity contribution < 1.29 is 9.53 Å². The van der Waals surface area contributed by atoms with Gasteiger partial charge in [-0.05, 0) is 56.5 Å². The fourth-order valence-electron chi connectivity index (χ4n) is 5.04. The molecule has 0 radical (unpaired) electrons. The summed E-state index contributed by atoms with van der Waals surface area (Å²) < 4.78 is 6.74. The lowest BCUT2D eigenvalue weighted by Gasteiger charge is -2.37. The van der Waals surface area contributed by atoms with Crippen LogP contribution < -0.4 is 10.1 Å². The Bertz CT molecular complexity index is 1360. The van der Waals surface area contributed by atoms with Gasteiger partial charge in [-0.3, -0.25) is 4.79 Å². The molecular formula is C28H31Cl3N4O2S. The summed E-state index contributed by atoms with van der Waals surface area (Å²) in [5.41, 5.74) is 2.85. The lowest BCUT2D eigenvalue weighted by Crippen LogP contribution is -2.44. The smallest absolute Gasteiger partial charge is 0.266 e. The molecule has 0 unspecified atom stereocenters. The Morgan fingerprint density at radius 3 is 2.45 bits per heavy atom. The molecule has 2 heterocycles. The van der Waals surface area contributed by atoms with Crippen LogP contribution in [0.3, 0.4) is 0 Å². The maximum absolute atomic E-state index is 14.1. The Morgan fingerprint density at radius 1 is 1.08 bits per heavy atom. The summed E-state index contributed by atoms with van der Waals surface area (Å²) in [7, 11) is 3.67. The molecule has 1 fully saturated rings. The highest BCUT2D eigenvalue weighted by Gasteiger charge is 2.32. The van der Waals surface area contributed by atoms with E-state index in [0.717, 1.165) is 58.2 Å².